The van der Waals surface area contributed by atoms with Crippen molar-refractivity contribution in [1.82, 2.24) is 14.8 Å². The first kappa shape index (κ1) is 13.2. The molecule has 0 unspecified atom stereocenters. The Morgan fingerprint density at radius 1 is 1.09 bits per heavy atom. The van der Waals surface area contributed by atoms with E-state index < -0.39 is 4.92 Å². The first-order valence-corrected chi connectivity index (χ1v) is 6.89. The van der Waals surface area contributed by atoms with Crippen molar-refractivity contribution in [2.75, 3.05) is 0 Å². The van der Waals surface area contributed by atoms with Gasteiger partial charge in [0.2, 0.25) is 0 Å². The molecule has 2 aromatic carbocycles. The first-order chi connectivity index (χ1) is 11.1. The largest absolute Gasteiger partial charge is 0.339 e. The maximum absolute atomic E-state index is 12.5. The van der Waals surface area contributed by atoms with Gasteiger partial charge in [-0.25, -0.2) is 4.68 Å². The molecule has 7 heteroatoms. The molecule has 4 aromatic rings. The van der Waals surface area contributed by atoms with Gasteiger partial charge in [-0.05, 0) is 18.2 Å². The molecular formula is C16H10N4O3. The summed E-state index contributed by atoms with van der Waals surface area (Å²) in [6, 6.07) is 13.3. The zero-order valence-electron chi connectivity index (χ0n) is 11.8. The number of nitrogens with zero attached hydrogens (tertiary/aromatic N) is 3. The molecule has 1 N–H and O–H groups in total. The van der Waals surface area contributed by atoms with Crippen LogP contribution in [-0.2, 0) is 0 Å². The molecule has 0 saturated carbocycles. The Morgan fingerprint density at radius 3 is 2.74 bits per heavy atom. The topological polar surface area (TPSA) is 93.8 Å². The minimum Gasteiger partial charge on any atom is -0.339 e. The number of nitro groups is 1. The lowest BCUT2D eigenvalue weighted by atomic mass is 10.2. The minimum atomic E-state index is -0.465. The summed E-state index contributed by atoms with van der Waals surface area (Å²) in [5.74, 6) is 0. The number of non-ortho nitro benzene ring substituents is 1. The van der Waals surface area contributed by atoms with Gasteiger partial charge in [0.1, 0.15) is 5.65 Å². The van der Waals surface area contributed by atoms with Gasteiger partial charge >= 0.3 is 0 Å². The van der Waals surface area contributed by atoms with Gasteiger partial charge in [-0.15, -0.1) is 0 Å². The maximum Gasteiger partial charge on any atom is 0.271 e. The second kappa shape index (κ2) is 4.77. The number of pyridine rings is 1. The highest BCUT2D eigenvalue weighted by atomic mass is 16.6. The van der Waals surface area contributed by atoms with E-state index in [0.717, 1.165) is 0 Å². The smallest absolute Gasteiger partial charge is 0.271 e. The highest BCUT2D eigenvalue weighted by Gasteiger charge is 2.13. The number of hydrogen-bond acceptors (Lipinski definition) is 4. The molecule has 0 saturated heterocycles. The lowest BCUT2D eigenvalue weighted by Crippen LogP contribution is -2.05. The molecule has 0 aliphatic carbocycles. The third kappa shape index (κ3) is 1.98. The number of benzene rings is 2. The van der Waals surface area contributed by atoms with Crippen LogP contribution in [0.5, 0.6) is 0 Å². The summed E-state index contributed by atoms with van der Waals surface area (Å²) >= 11 is 0. The summed E-state index contributed by atoms with van der Waals surface area (Å²) in [5.41, 5.74) is 1.56. The molecule has 0 aliphatic rings. The van der Waals surface area contributed by atoms with Gasteiger partial charge in [0.25, 0.3) is 5.69 Å². The summed E-state index contributed by atoms with van der Waals surface area (Å²) in [6.45, 7) is 0. The van der Waals surface area contributed by atoms with E-state index in [1.807, 2.05) is 6.07 Å². The number of aromatic nitrogens is 3. The van der Waals surface area contributed by atoms with E-state index in [1.165, 1.54) is 23.0 Å². The molecule has 23 heavy (non-hydrogen) atoms. The highest BCUT2D eigenvalue weighted by molar-refractivity contribution is 5.91. The van der Waals surface area contributed by atoms with Gasteiger partial charge in [-0.1, -0.05) is 18.2 Å². The van der Waals surface area contributed by atoms with Crippen molar-refractivity contribution < 1.29 is 4.92 Å². The number of rotatable bonds is 2. The molecule has 0 atom stereocenters. The van der Waals surface area contributed by atoms with Crippen LogP contribution in [0.15, 0.2) is 59.5 Å². The Kier molecular flexibility index (Phi) is 2.74. The van der Waals surface area contributed by atoms with E-state index in [0.29, 0.717) is 27.6 Å². The number of para-hydroxylation sites is 1. The van der Waals surface area contributed by atoms with Crippen LogP contribution in [0.1, 0.15) is 0 Å². The Morgan fingerprint density at radius 2 is 1.91 bits per heavy atom. The molecule has 2 aromatic heterocycles. The number of nitro benzene ring substituents is 1. The van der Waals surface area contributed by atoms with Crippen molar-refractivity contribution in [1.29, 1.82) is 0 Å². The summed E-state index contributed by atoms with van der Waals surface area (Å²) in [6.07, 6.45) is 1.47. The number of nitrogens with one attached hydrogen (secondary N) is 1. The Hall–Kier alpha value is -3.48. The van der Waals surface area contributed by atoms with Crippen LogP contribution in [0.4, 0.5) is 5.69 Å². The molecule has 0 spiro atoms. The van der Waals surface area contributed by atoms with Crippen molar-refractivity contribution in [2.45, 2.75) is 0 Å². The Bertz CT molecular complexity index is 1130. The lowest BCUT2D eigenvalue weighted by molar-refractivity contribution is -0.384. The first-order valence-electron chi connectivity index (χ1n) is 6.89. The van der Waals surface area contributed by atoms with Crippen LogP contribution >= 0.6 is 0 Å². The second-order valence-corrected chi connectivity index (χ2v) is 5.10. The van der Waals surface area contributed by atoms with Gasteiger partial charge in [0.05, 0.1) is 27.7 Å². The van der Waals surface area contributed by atoms with Crippen molar-refractivity contribution in [3.8, 4) is 5.69 Å². The standard InChI is InChI=1S/C16H10N4O3/c21-15-12-6-1-2-7-14(12)18-16-13(15)9-17-19(16)10-4-3-5-11(8-10)20(22)23/h1-9H,(H,18,21). The average Bonchev–Trinajstić information content (AvgIpc) is 2.99. The third-order valence-electron chi connectivity index (χ3n) is 3.72. The van der Waals surface area contributed by atoms with Gasteiger partial charge in [0, 0.05) is 17.5 Å². The molecule has 112 valence electrons. The second-order valence-electron chi connectivity index (χ2n) is 5.10. The van der Waals surface area contributed by atoms with Gasteiger partial charge in [-0.2, -0.15) is 5.10 Å². The zero-order valence-corrected chi connectivity index (χ0v) is 11.8. The molecule has 0 amide bonds. The molecule has 0 radical (unpaired) electrons. The average molecular weight is 306 g/mol. The normalized spacial score (nSPS) is 11.1. The molecule has 0 fully saturated rings. The van der Waals surface area contributed by atoms with Gasteiger partial charge < -0.3 is 4.98 Å². The predicted octanol–water partition coefficient (Wildman–Crippen LogP) is 2.78. The summed E-state index contributed by atoms with van der Waals surface area (Å²) in [7, 11) is 0. The number of aromatic amines is 1. The molecule has 2 heterocycles. The zero-order chi connectivity index (χ0) is 16.0. The van der Waals surface area contributed by atoms with Crippen molar-refractivity contribution in [3.05, 3.63) is 75.1 Å². The summed E-state index contributed by atoms with van der Waals surface area (Å²) < 4.78 is 1.50. The molecule has 0 bridgehead atoms. The molecular weight excluding hydrogens is 296 g/mol. The van der Waals surface area contributed by atoms with E-state index in [2.05, 4.69) is 10.1 Å². The Labute approximate surface area is 128 Å². The van der Waals surface area contributed by atoms with Crippen molar-refractivity contribution >= 4 is 27.6 Å². The number of hydrogen-bond donors (Lipinski definition) is 1. The van der Waals surface area contributed by atoms with Crippen LogP contribution in [0, 0.1) is 10.1 Å². The molecule has 0 aliphatic heterocycles. The third-order valence-corrected chi connectivity index (χ3v) is 3.72. The fraction of sp³-hybridized carbons (Fsp3) is 0. The lowest BCUT2D eigenvalue weighted by Gasteiger charge is -2.04. The van der Waals surface area contributed by atoms with E-state index in [1.54, 1.807) is 30.3 Å². The monoisotopic (exact) mass is 306 g/mol. The van der Waals surface area contributed by atoms with E-state index in [-0.39, 0.29) is 11.1 Å². The highest BCUT2D eigenvalue weighted by Crippen LogP contribution is 2.20. The fourth-order valence-corrected chi connectivity index (χ4v) is 2.63. The van der Waals surface area contributed by atoms with Gasteiger partial charge in [0.15, 0.2) is 5.43 Å². The number of fused-ring (bicyclic) bond motifs is 2. The van der Waals surface area contributed by atoms with Crippen LogP contribution in [0.3, 0.4) is 0 Å². The van der Waals surface area contributed by atoms with Crippen LogP contribution in [0.25, 0.3) is 27.6 Å². The van der Waals surface area contributed by atoms with Gasteiger partial charge in [-0.3, -0.25) is 14.9 Å². The SMILES string of the molecule is O=c1c2ccccc2[nH]c2c1cnn2-c1cccc([N+](=O)[O-])c1. The van der Waals surface area contributed by atoms with Crippen LogP contribution < -0.4 is 5.43 Å². The quantitative estimate of drug-likeness (QED) is 0.455. The minimum absolute atomic E-state index is 0.0331. The van der Waals surface area contributed by atoms with Crippen molar-refractivity contribution in [2.24, 2.45) is 0 Å². The summed E-state index contributed by atoms with van der Waals surface area (Å²) in [5, 5.41) is 16.2. The maximum atomic E-state index is 12.5. The Balaban J connectivity index is 2.04. The van der Waals surface area contributed by atoms with Crippen molar-refractivity contribution in [3.63, 3.8) is 0 Å². The van der Waals surface area contributed by atoms with Crippen LogP contribution in [0.2, 0.25) is 0 Å². The predicted molar refractivity (Wildman–Crippen MR) is 85.9 cm³/mol. The van der Waals surface area contributed by atoms with E-state index in [4.69, 9.17) is 0 Å². The molecule has 4 rings (SSSR count). The number of H-pyrrole nitrogens is 1. The summed E-state index contributed by atoms with van der Waals surface area (Å²) in [4.78, 5) is 26.2. The van der Waals surface area contributed by atoms with E-state index in [9.17, 15) is 14.9 Å². The fourth-order valence-electron chi connectivity index (χ4n) is 2.63. The van der Waals surface area contributed by atoms with E-state index >= 15 is 0 Å². The van der Waals surface area contributed by atoms with Crippen LogP contribution in [-0.4, -0.2) is 19.7 Å². The molecule has 7 nitrogen and oxygen atoms in total.